The molecule has 0 spiro atoms. The molecule has 6 nitrogen and oxygen atoms in total. The first-order chi connectivity index (χ1) is 9.90. The lowest BCUT2D eigenvalue weighted by atomic mass is 10.1. The van der Waals surface area contributed by atoms with Gasteiger partial charge in [-0.2, -0.15) is 0 Å². The summed E-state index contributed by atoms with van der Waals surface area (Å²) in [5.41, 5.74) is -0.238. The van der Waals surface area contributed by atoms with E-state index in [0.717, 1.165) is 18.7 Å². The van der Waals surface area contributed by atoms with Crippen molar-refractivity contribution in [1.29, 1.82) is 0 Å². The highest BCUT2D eigenvalue weighted by Gasteiger charge is 2.13. The van der Waals surface area contributed by atoms with Crippen molar-refractivity contribution in [3.63, 3.8) is 0 Å². The number of hydrogen-bond donors (Lipinski definition) is 3. The molecule has 1 aromatic rings. The number of rotatable bonds is 6. The number of nitrogens with one attached hydrogen (secondary N) is 3. The fourth-order valence-corrected chi connectivity index (χ4v) is 1.71. The van der Waals surface area contributed by atoms with Gasteiger partial charge in [-0.1, -0.05) is 0 Å². The van der Waals surface area contributed by atoms with Crippen molar-refractivity contribution >= 4 is 11.9 Å². The summed E-state index contributed by atoms with van der Waals surface area (Å²) in [6.07, 6.45) is 2.43. The average Bonchev–Trinajstić information content (AvgIpc) is 2.87. The molecular weight excluding hydrogens is 268 g/mol. The summed E-state index contributed by atoms with van der Waals surface area (Å²) < 4.78 is 5.26. The standard InChI is InChI=1S/C15H26N4O2/c1-5-16-14(17-9-8-12-7-6-10-21-12)18-11-13(20)19-15(2,3)4/h6-7,10H,5,8-9,11H2,1-4H3,(H,19,20)(H2,16,17,18). The molecule has 0 saturated heterocycles. The van der Waals surface area contributed by atoms with Crippen LogP contribution in [0.1, 0.15) is 33.5 Å². The highest BCUT2D eigenvalue weighted by atomic mass is 16.3. The van der Waals surface area contributed by atoms with Gasteiger partial charge in [-0.15, -0.1) is 0 Å². The minimum atomic E-state index is -0.238. The van der Waals surface area contributed by atoms with E-state index < -0.39 is 0 Å². The number of aliphatic imine (C=N–C) groups is 1. The van der Waals surface area contributed by atoms with E-state index in [1.807, 2.05) is 39.8 Å². The molecular formula is C15H26N4O2. The molecule has 0 aliphatic heterocycles. The minimum Gasteiger partial charge on any atom is -0.469 e. The number of hydrogen-bond acceptors (Lipinski definition) is 3. The Kier molecular flexibility index (Phi) is 6.78. The summed E-state index contributed by atoms with van der Waals surface area (Å²) in [4.78, 5) is 16.0. The van der Waals surface area contributed by atoms with Crippen molar-refractivity contribution < 1.29 is 9.21 Å². The number of amides is 1. The lowest BCUT2D eigenvalue weighted by Crippen LogP contribution is -2.43. The summed E-state index contributed by atoms with van der Waals surface area (Å²) in [5.74, 6) is 1.46. The van der Waals surface area contributed by atoms with Crippen molar-refractivity contribution in [3.8, 4) is 0 Å². The molecule has 1 aromatic heterocycles. The van der Waals surface area contributed by atoms with Crippen LogP contribution < -0.4 is 16.0 Å². The highest BCUT2D eigenvalue weighted by Crippen LogP contribution is 1.99. The summed E-state index contributed by atoms with van der Waals surface area (Å²) in [6, 6.07) is 3.80. The van der Waals surface area contributed by atoms with Gasteiger partial charge in [-0.25, -0.2) is 4.99 Å². The lowest BCUT2D eigenvalue weighted by molar-refractivity contribution is -0.121. The molecule has 118 valence electrons. The molecule has 21 heavy (non-hydrogen) atoms. The first kappa shape index (κ1) is 17.1. The first-order valence-corrected chi connectivity index (χ1v) is 7.26. The Morgan fingerprint density at radius 3 is 2.67 bits per heavy atom. The van der Waals surface area contributed by atoms with Crippen LogP contribution in [0.2, 0.25) is 0 Å². The van der Waals surface area contributed by atoms with Crippen LogP contribution >= 0.6 is 0 Å². The van der Waals surface area contributed by atoms with Crippen molar-refractivity contribution in [2.24, 2.45) is 4.99 Å². The van der Waals surface area contributed by atoms with Gasteiger partial charge in [0, 0.05) is 25.0 Å². The van der Waals surface area contributed by atoms with Gasteiger partial charge in [-0.3, -0.25) is 4.79 Å². The number of nitrogens with zero attached hydrogens (tertiary/aromatic N) is 1. The van der Waals surface area contributed by atoms with Crippen LogP contribution in [0.4, 0.5) is 0 Å². The van der Waals surface area contributed by atoms with Crippen molar-refractivity contribution in [1.82, 2.24) is 16.0 Å². The Hall–Kier alpha value is -1.98. The van der Waals surface area contributed by atoms with Crippen LogP contribution in [0.15, 0.2) is 27.8 Å². The number of carbonyl (C=O) groups is 1. The highest BCUT2D eigenvalue weighted by molar-refractivity contribution is 5.85. The molecule has 0 fully saturated rings. The van der Waals surface area contributed by atoms with Gasteiger partial charge in [0.1, 0.15) is 12.3 Å². The number of furan rings is 1. The molecule has 0 aromatic carbocycles. The second-order valence-corrected chi connectivity index (χ2v) is 5.75. The Morgan fingerprint density at radius 1 is 1.33 bits per heavy atom. The zero-order chi connectivity index (χ0) is 15.7. The van der Waals surface area contributed by atoms with E-state index in [9.17, 15) is 4.79 Å². The first-order valence-electron chi connectivity index (χ1n) is 7.26. The molecule has 0 unspecified atom stereocenters. The lowest BCUT2D eigenvalue weighted by Gasteiger charge is -2.20. The van der Waals surface area contributed by atoms with Gasteiger partial charge in [0.2, 0.25) is 5.91 Å². The zero-order valence-corrected chi connectivity index (χ0v) is 13.3. The molecule has 1 rings (SSSR count). The topological polar surface area (TPSA) is 78.7 Å². The summed E-state index contributed by atoms with van der Waals surface area (Å²) in [6.45, 7) is 9.37. The van der Waals surface area contributed by atoms with Crippen LogP contribution in [0.3, 0.4) is 0 Å². The monoisotopic (exact) mass is 294 g/mol. The van der Waals surface area contributed by atoms with Gasteiger partial charge in [0.15, 0.2) is 5.96 Å². The predicted octanol–water partition coefficient (Wildman–Crippen LogP) is 1.29. The third kappa shape index (κ3) is 8.02. The molecule has 0 saturated carbocycles. The molecule has 1 amide bonds. The van der Waals surface area contributed by atoms with E-state index in [1.54, 1.807) is 6.26 Å². The molecule has 0 aliphatic rings. The van der Waals surface area contributed by atoms with Gasteiger partial charge >= 0.3 is 0 Å². The maximum Gasteiger partial charge on any atom is 0.242 e. The number of carbonyl (C=O) groups excluding carboxylic acids is 1. The zero-order valence-electron chi connectivity index (χ0n) is 13.3. The largest absolute Gasteiger partial charge is 0.469 e. The van der Waals surface area contributed by atoms with E-state index in [0.29, 0.717) is 12.5 Å². The van der Waals surface area contributed by atoms with Crippen LogP contribution in [0.5, 0.6) is 0 Å². The fourth-order valence-electron chi connectivity index (χ4n) is 1.71. The third-order valence-corrected chi connectivity index (χ3v) is 2.48. The van der Waals surface area contributed by atoms with E-state index in [-0.39, 0.29) is 18.0 Å². The fraction of sp³-hybridized carbons (Fsp3) is 0.600. The summed E-state index contributed by atoms with van der Waals surface area (Å²) in [7, 11) is 0. The number of guanidine groups is 1. The average molecular weight is 294 g/mol. The maximum atomic E-state index is 11.7. The predicted molar refractivity (Wildman–Crippen MR) is 84.3 cm³/mol. The Bertz CT molecular complexity index is 447. The second kappa shape index (κ2) is 8.34. The molecule has 0 atom stereocenters. The molecule has 0 bridgehead atoms. The van der Waals surface area contributed by atoms with E-state index >= 15 is 0 Å². The summed E-state index contributed by atoms with van der Waals surface area (Å²) in [5, 5.41) is 9.16. The van der Waals surface area contributed by atoms with Crippen molar-refractivity contribution in [2.45, 2.75) is 39.7 Å². The van der Waals surface area contributed by atoms with Crippen LogP contribution in [0.25, 0.3) is 0 Å². The van der Waals surface area contributed by atoms with E-state index in [2.05, 4.69) is 20.9 Å². The van der Waals surface area contributed by atoms with E-state index in [1.165, 1.54) is 0 Å². The Balaban J connectivity index is 2.40. The molecule has 0 radical (unpaired) electrons. The Labute approximate surface area is 126 Å². The van der Waals surface area contributed by atoms with E-state index in [4.69, 9.17) is 4.42 Å². The third-order valence-electron chi connectivity index (χ3n) is 2.48. The van der Waals surface area contributed by atoms with Gasteiger partial charge in [0.05, 0.1) is 6.26 Å². The van der Waals surface area contributed by atoms with Gasteiger partial charge < -0.3 is 20.4 Å². The smallest absolute Gasteiger partial charge is 0.242 e. The molecule has 1 heterocycles. The normalized spacial score (nSPS) is 12.1. The Morgan fingerprint density at radius 2 is 2.10 bits per heavy atom. The van der Waals surface area contributed by atoms with Crippen LogP contribution in [0, 0.1) is 0 Å². The van der Waals surface area contributed by atoms with Crippen molar-refractivity contribution in [2.75, 3.05) is 19.6 Å². The maximum absolute atomic E-state index is 11.7. The SMILES string of the molecule is CCNC(=NCC(=O)NC(C)(C)C)NCCc1ccco1. The minimum absolute atomic E-state index is 0.0919. The summed E-state index contributed by atoms with van der Waals surface area (Å²) >= 11 is 0. The second-order valence-electron chi connectivity index (χ2n) is 5.75. The quantitative estimate of drug-likeness (QED) is 0.546. The molecule has 0 aliphatic carbocycles. The van der Waals surface area contributed by atoms with Gasteiger partial charge in [0.25, 0.3) is 0 Å². The van der Waals surface area contributed by atoms with Crippen LogP contribution in [-0.2, 0) is 11.2 Å². The van der Waals surface area contributed by atoms with Crippen LogP contribution in [-0.4, -0.2) is 37.0 Å². The molecule has 6 heteroatoms. The van der Waals surface area contributed by atoms with Crippen molar-refractivity contribution in [3.05, 3.63) is 24.2 Å². The molecule has 3 N–H and O–H groups in total. The van der Waals surface area contributed by atoms with Gasteiger partial charge in [-0.05, 0) is 39.8 Å².